The van der Waals surface area contributed by atoms with Gasteiger partial charge in [0.1, 0.15) is 0 Å². The number of carbonyl (C=O) groups excluding carboxylic acids is 1. The minimum Gasteiger partial charge on any atom is -0.440 e. The summed E-state index contributed by atoms with van der Waals surface area (Å²) in [5.41, 5.74) is 0. The van der Waals surface area contributed by atoms with Crippen molar-refractivity contribution >= 4 is 12.2 Å². The summed E-state index contributed by atoms with van der Waals surface area (Å²) in [5, 5.41) is 0. The van der Waals surface area contributed by atoms with Crippen LogP contribution in [0.5, 0.6) is 0 Å². The van der Waals surface area contributed by atoms with Crippen LogP contribution < -0.4 is 0 Å². The van der Waals surface area contributed by atoms with Crippen molar-refractivity contribution in [2.45, 2.75) is 19.6 Å². The van der Waals surface area contributed by atoms with Gasteiger partial charge in [-0.2, -0.15) is 0 Å². The third-order valence-electron chi connectivity index (χ3n) is 1.11. The van der Waals surface area contributed by atoms with Crippen LogP contribution in [0, 0.1) is 0 Å². The molecule has 0 amide bonds. The van der Waals surface area contributed by atoms with Crippen LogP contribution in [0.2, 0.25) is 0 Å². The highest BCUT2D eigenvalue weighted by atomic mass is 16.6. The summed E-state index contributed by atoms with van der Waals surface area (Å²) >= 11 is 0. The lowest BCUT2D eigenvalue weighted by atomic mass is 10.3. The van der Waals surface area contributed by atoms with Crippen LogP contribution in [0.25, 0.3) is 0 Å². The second-order valence-corrected chi connectivity index (χ2v) is 2.03. The van der Waals surface area contributed by atoms with Gasteiger partial charge in [0.05, 0.1) is 0 Å². The lowest BCUT2D eigenvalue weighted by Gasteiger charge is -2.11. The zero-order valence-electron chi connectivity index (χ0n) is 5.78. The van der Waals surface area contributed by atoms with E-state index in [9.17, 15) is 4.79 Å². The molecule has 0 aromatic heterocycles. The van der Waals surface area contributed by atoms with E-state index < -0.39 is 0 Å². The van der Waals surface area contributed by atoms with E-state index in [0.29, 0.717) is 6.42 Å². The smallest absolute Gasteiger partial charge is 0.304 e. The third kappa shape index (κ3) is 2.01. The summed E-state index contributed by atoms with van der Waals surface area (Å²) in [6.45, 7) is 1.38. The van der Waals surface area contributed by atoms with Crippen molar-refractivity contribution in [3.05, 3.63) is 12.2 Å². The maximum absolute atomic E-state index is 10.4. The molecule has 0 aliphatic carbocycles. The number of aliphatic imine (C=N–C) groups is 1. The monoisotopic (exact) mass is 139 g/mol. The van der Waals surface area contributed by atoms with Gasteiger partial charge in [0, 0.05) is 19.6 Å². The van der Waals surface area contributed by atoms with Crippen LogP contribution >= 0.6 is 0 Å². The van der Waals surface area contributed by atoms with Crippen molar-refractivity contribution in [1.82, 2.24) is 0 Å². The molecule has 0 saturated carbocycles. The first-order valence-electron chi connectivity index (χ1n) is 3.14. The van der Waals surface area contributed by atoms with Gasteiger partial charge in [0.25, 0.3) is 0 Å². The molecule has 0 radical (unpaired) electrons. The van der Waals surface area contributed by atoms with Gasteiger partial charge in [-0.25, -0.2) is 0 Å². The molecular formula is C7H9NO2. The van der Waals surface area contributed by atoms with Crippen LogP contribution in [-0.2, 0) is 9.53 Å². The minimum absolute atomic E-state index is 0.280. The van der Waals surface area contributed by atoms with E-state index in [1.54, 1.807) is 6.21 Å². The molecule has 54 valence electrons. The summed E-state index contributed by atoms with van der Waals surface area (Å²) in [5.74, 6) is -0.280. The Kier molecular flexibility index (Phi) is 2.20. The van der Waals surface area contributed by atoms with Gasteiger partial charge in [0.2, 0.25) is 0 Å². The highest BCUT2D eigenvalue weighted by Gasteiger charge is 2.07. The van der Waals surface area contributed by atoms with Crippen LogP contribution in [0.1, 0.15) is 13.3 Å². The fourth-order valence-electron chi connectivity index (χ4n) is 0.732. The second kappa shape index (κ2) is 3.15. The molecule has 0 spiro atoms. The average molecular weight is 139 g/mol. The molecule has 3 heteroatoms. The number of carbonyl (C=O) groups is 1. The van der Waals surface area contributed by atoms with Crippen molar-refractivity contribution in [2.24, 2.45) is 4.99 Å². The fourth-order valence-corrected chi connectivity index (χ4v) is 0.732. The standard InChI is InChI=1S/C7H9NO2/c1-6(9)10-7-4-2-3-5-8-7/h2-3,5,7H,4H2,1H3. The molecule has 0 fully saturated rings. The first-order chi connectivity index (χ1) is 4.79. The first-order valence-corrected chi connectivity index (χ1v) is 3.14. The highest BCUT2D eigenvalue weighted by molar-refractivity contribution is 5.72. The number of ether oxygens (including phenoxy) is 1. The third-order valence-corrected chi connectivity index (χ3v) is 1.11. The normalized spacial score (nSPS) is 22.7. The Morgan fingerprint density at radius 2 is 2.60 bits per heavy atom. The number of allylic oxidation sites excluding steroid dienone is 1. The number of dihydropyridines is 1. The summed E-state index contributed by atoms with van der Waals surface area (Å²) < 4.78 is 4.80. The first kappa shape index (κ1) is 6.99. The number of rotatable bonds is 1. The largest absolute Gasteiger partial charge is 0.440 e. The summed E-state index contributed by atoms with van der Waals surface area (Å²) in [6, 6.07) is 0. The number of nitrogens with zero attached hydrogens (tertiary/aromatic N) is 1. The summed E-state index contributed by atoms with van der Waals surface area (Å²) in [6.07, 6.45) is 5.79. The second-order valence-electron chi connectivity index (χ2n) is 2.03. The van der Waals surface area contributed by atoms with Gasteiger partial charge in [-0.15, -0.1) is 0 Å². The van der Waals surface area contributed by atoms with Gasteiger partial charge >= 0.3 is 5.97 Å². The van der Waals surface area contributed by atoms with E-state index in [1.165, 1.54) is 6.92 Å². The molecule has 0 bridgehead atoms. The van der Waals surface area contributed by atoms with E-state index in [1.807, 2.05) is 12.2 Å². The van der Waals surface area contributed by atoms with Crippen molar-refractivity contribution in [3.63, 3.8) is 0 Å². The predicted molar refractivity (Wildman–Crippen MR) is 37.8 cm³/mol. The summed E-state index contributed by atoms with van der Waals surface area (Å²) in [7, 11) is 0. The molecular weight excluding hydrogens is 130 g/mol. The molecule has 1 aliphatic rings. The molecule has 3 nitrogen and oxygen atoms in total. The number of hydrogen-bond donors (Lipinski definition) is 0. The van der Waals surface area contributed by atoms with Gasteiger partial charge in [-0.05, 0) is 6.08 Å². The van der Waals surface area contributed by atoms with Crippen molar-refractivity contribution in [3.8, 4) is 0 Å². The maximum Gasteiger partial charge on any atom is 0.304 e. The number of hydrogen-bond acceptors (Lipinski definition) is 3. The lowest BCUT2D eigenvalue weighted by Crippen LogP contribution is -2.14. The van der Waals surface area contributed by atoms with Gasteiger partial charge in [0.15, 0.2) is 6.23 Å². The van der Waals surface area contributed by atoms with Gasteiger partial charge < -0.3 is 4.74 Å². The zero-order chi connectivity index (χ0) is 7.40. The van der Waals surface area contributed by atoms with Gasteiger partial charge in [-0.1, -0.05) is 6.08 Å². The molecule has 0 N–H and O–H groups in total. The zero-order valence-corrected chi connectivity index (χ0v) is 5.78. The van der Waals surface area contributed by atoms with E-state index in [2.05, 4.69) is 4.99 Å². The molecule has 0 saturated heterocycles. The van der Waals surface area contributed by atoms with Crippen LogP contribution in [0.3, 0.4) is 0 Å². The molecule has 0 aromatic rings. The average Bonchev–Trinajstić information content (AvgIpc) is 1.88. The molecule has 1 heterocycles. The SMILES string of the molecule is CC(=O)OC1CC=CC=N1. The predicted octanol–water partition coefficient (Wildman–Crippen LogP) is 0.906. The molecule has 1 unspecified atom stereocenters. The van der Waals surface area contributed by atoms with Crippen LogP contribution in [-0.4, -0.2) is 18.4 Å². The summed E-state index contributed by atoms with van der Waals surface area (Å²) in [4.78, 5) is 14.3. The Morgan fingerprint density at radius 3 is 3.10 bits per heavy atom. The fraction of sp³-hybridized carbons (Fsp3) is 0.429. The van der Waals surface area contributed by atoms with Crippen LogP contribution in [0.4, 0.5) is 0 Å². The molecule has 0 aromatic carbocycles. The maximum atomic E-state index is 10.4. The van der Waals surface area contributed by atoms with E-state index >= 15 is 0 Å². The Hall–Kier alpha value is -1.12. The van der Waals surface area contributed by atoms with E-state index in [0.717, 1.165) is 0 Å². The Balaban J connectivity index is 2.37. The topological polar surface area (TPSA) is 38.7 Å². The van der Waals surface area contributed by atoms with Crippen LogP contribution in [0.15, 0.2) is 17.1 Å². The Morgan fingerprint density at radius 1 is 1.80 bits per heavy atom. The van der Waals surface area contributed by atoms with Crippen molar-refractivity contribution in [2.75, 3.05) is 0 Å². The molecule has 1 aliphatic heterocycles. The Labute approximate surface area is 59.4 Å². The minimum atomic E-state index is -0.289. The van der Waals surface area contributed by atoms with E-state index in [-0.39, 0.29) is 12.2 Å². The molecule has 1 atom stereocenters. The quantitative estimate of drug-likeness (QED) is 0.506. The van der Waals surface area contributed by atoms with E-state index in [4.69, 9.17) is 4.74 Å². The number of esters is 1. The van der Waals surface area contributed by atoms with Gasteiger partial charge in [-0.3, -0.25) is 9.79 Å². The van der Waals surface area contributed by atoms with Crippen molar-refractivity contribution < 1.29 is 9.53 Å². The lowest BCUT2D eigenvalue weighted by molar-refractivity contribution is -0.145. The Bertz CT molecular complexity index is 184. The highest BCUT2D eigenvalue weighted by Crippen LogP contribution is 2.04. The van der Waals surface area contributed by atoms with Crippen molar-refractivity contribution in [1.29, 1.82) is 0 Å². The molecule has 10 heavy (non-hydrogen) atoms. The molecule has 1 rings (SSSR count).